The Labute approximate surface area is 62.8 Å². The van der Waals surface area contributed by atoms with E-state index in [0.29, 0.717) is 0 Å². The minimum atomic E-state index is 0.978. The van der Waals surface area contributed by atoms with Crippen LogP contribution < -0.4 is 0 Å². The lowest BCUT2D eigenvalue weighted by Crippen LogP contribution is -1.97. The Morgan fingerprint density at radius 2 is 2.00 bits per heavy atom. The molecule has 2 fully saturated rings. The van der Waals surface area contributed by atoms with E-state index in [-0.39, 0.29) is 0 Å². The first-order valence-corrected chi connectivity index (χ1v) is 4.51. The monoisotopic (exact) mass is 140 g/mol. The molecule has 1 nitrogen and oxygen atoms in total. The van der Waals surface area contributed by atoms with E-state index in [1.54, 1.807) is 0 Å². The lowest BCUT2D eigenvalue weighted by Gasteiger charge is -2.01. The number of rotatable bonds is 3. The van der Waals surface area contributed by atoms with Crippen molar-refractivity contribution in [1.29, 1.82) is 0 Å². The minimum absolute atomic E-state index is 0.978. The molecule has 0 N–H and O–H groups in total. The zero-order valence-corrected chi connectivity index (χ0v) is 6.68. The maximum absolute atomic E-state index is 5.32. The third kappa shape index (κ3) is 0.968. The molecule has 1 heterocycles. The van der Waals surface area contributed by atoms with Gasteiger partial charge in [-0.2, -0.15) is 0 Å². The molecule has 2 rings (SSSR count). The number of ether oxygens (including phenoxy) is 1. The van der Waals surface area contributed by atoms with Crippen LogP contribution in [0, 0.1) is 17.8 Å². The van der Waals surface area contributed by atoms with Gasteiger partial charge in [-0.3, -0.25) is 0 Å². The van der Waals surface area contributed by atoms with Gasteiger partial charge in [0, 0.05) is 0 Å². The summed E-state index contributed by atoms with van der Waals surface area (Å²) < 4.78 is 5.32. The van der Waals surface area contributed by atoms with E-state index in [4.69, 9.17) is 4.74 Å². The molecule has 58 valence electrons. The Morgan fingerprint density at radius 1 is 1.30 bits per heavy atom. The third-order valence-corrected chi connectivity index (χ3v) is 3.02. The summed E-state index contributed by atoms with van der Waals surface area (Å²) in [7, 11) is 0. The van der Waals surface area contributed by atoms with Gasteiger partial charge in [-0.15, -0.1) is 0 Å². The average molecular weight is 140 g/mol. The summed E-state index contributed by atoms with van der Waals surface area (Å²) in [6.07, 6.45) is 4.25. The van der Waals surface area contributed by atoms with Crippen LogP contribution in [0.1, 0.15) is 26.2 Å². The molecule has 1 saturated heterocycles. The number of hydrogen-bond acceptors (Lipinski definition) is 1. The SMILES string of the molecule is CCCCC1C2COCC12. The van der Waals surface area contributed by atoms with Crippen LogP contribution in [0.4, 0.5) is 0 Å². The second kappa shape index (κ2) is 2.54. The summed E-state index contributed by atoms with van der Waals surface area (Å²) in [5, 5.41) is 0. The van der Waals surface area contributed by atoms with Gasteiger partial charge in [0.1, 0.15) is 0 Å². The van der Waals surface area contributed by atoms with Crippen molar-refractivity contribution in [2.24, 2.45) is 17.8 Å². The molecule has 0 radical (unpaired) electrons. The van der Waals surface area contributed by atoms with Gasteiger partial charge < -0.3 is 4.74 Å². The van der Waals surface area contributed by atoms with Gasteiger partial charge in [0.15, 0.2) is 0 Å². The molecular weight excluding hydrogens is 124 g/mol. The van der Waals surface area contributed by atoms with E-state index in [1.807, 2.05) is 0 Å². The average Bonchev–Trinajstić information content (AvgIpc) is 2.46. The molecule has 10 heavy (non-hydrogen) atoms. The molecule has 2 atom stereocenters. The Hall–Kier alpha value is -0.0400. The second-order valence-electron chi connectivity index (χ2n) is 3.67. The fourth-order valence-corrected chi connectivity index (χ4v) is 2.23. The Bertz CT molecular complexity index is 112. The molecule has 1 saturated carbocycles. The summed E-state index contributed by atoms with van der Waals surface area (Å²) >= 11 is 0. The normalized spacial score (nSPS) is 43.5. The first-order valence-electron chi connectivity index (χ1n) is 4.51. The number of fused-ring (bicyclic) bond motifs is 1. The van der Waals surface area contributed by atoms with E-state index in [1.165, 1.54) is 19.3 Å². The Morgan fingerprint density at radius 3 is 2.60 bits per heavy atom. The third-order valence-electron chi connectivity index (χ3n) is 3.02. The van der Waals surface area contributed by atoms with Crippen LogP contribution in [-0.2, 0) is 4.74 Å². The summed E-state index contributed by atoms with van der Waals surface area (Å²) in [4.78, 5) is 0. The van der Waals surface area contributed by atoms with Crippen LogP contribution in [0.15, 0.2) is 0 Å². The zero-order valence-electron chi connectivity index (χ0n) is 6.68. The van der Waals surface area contributed by atoms with E-state index in [2.05, 4.69) is 6.92 Å². The lowest BCUT2D eigenvalue weighted by molar-refractivity contribution is 0.149. The van der Waals surface area contributed by atoms with Crippen molar-refractivity contribution in [2.45, 2.75) is 26.2 Å². The lowest BCUT2D eigenvalue weighted by atomic mass is 10.1. The summed E-state index contributed by atoms with van der Waals surface area (Å²) in [6.45, 7) is 4.41. The van der Waals surface area contributed by atoms with Gasteiger partial charge in [0.05, 0.1) is 13.2 Å². The highest BCUT2D eigenvalue weighted by Gasteiger charge is 2.52. The molecule has 2 unspecified atom stereocenters. The van der Waals surface area contributed by atoms with Crippen molar-refractivity contribution in [3.63, 3.8) is 0 Å². The van der Waals surface area contributed by atoms with E-state index in [0.717, 1.165) is 31.0 Å². The summed E-state index contributed by atoms with van der Waals surface area (Å²) in [5.74, 6) is 3.02. The van der Waals surface area contributed by atoms with E-state index >= 15 is 0 Å². The van der Waals surface area contributed by atoms with Crippen LogP contribution in [0.2, 0.25) is 0 Å². The van der Waals surface area contributed by atoms with Crippen molar-refractivity contribution < 1.29 is 4.74 Å². The standard InChI is InChI=1S/C9H16O/c1-2-3-4-7-8-5-10-6-9(7)8/h7-9H,2-6H2,1H3. The predicted molar refractivity (Wildman–Crippen MR) is 40.8 cm³/mol. The molecule has 0 bridgehead atoms. The first kappa shape index (κ1) is 6.66. The maximum Gasteiger partial charge on any atom is 0.0500 e. The molecular formula is C9H16O. The molecule has 0 aromatic carbocycles. The predicted octanol–water partition coefficient (Wildman–Crippen LogP) is 2.07. The van der Waals surface area contributed by atoms with Crippen molar-refractivity contribution in [3.8, 4) is 0 Å². The molecule has 0 aromatic rings. The smallest absolute Gasteiger partial charge is 0.0500 e. The Balaban J connectivity index is 1.69. The van der Waals surface area contributed by atoms with Crippen LogP contribution >= 0.6 is 0 Å². The largest absolute Gasteiger partial charge is 0.381 e. The molecule has 0 aromatic heterocycles. The van der Waals surface area contributed by atoms with E-state index < -0.39 is 0 Å². The number of hydrogen-bond donors (Lipinski definition) is 0. The van der Waals surface area contributed by atoms with Crippen molar-refractivity contribution in [2.75, 3.05) is 13.2 Å². The molecule has 2 aliphatic rings. The van der Waals surface area contributed by atoms with Gasteiger partial charge in [-0.1, -0.05) is 19.8 Å². The highest BCUT2D eigenvalue weighted by atomic mass is 16.5. The summed E-state index contributed by atoms with van der Waals surface area (Å²) in [5.41, 5.74) is 0. The molecule has 0 amide bonds. The van der Waals surface area contributed by atoms with Crippen molar-refractivity contribution >= 4 is 0 Å². The van der Waals surface area contributed by atoms with Crippen LogP contribution in [0.3, 0.4) is 0 Å². The fourth-order valence-electron chi connectivity index (χ4n) is 2.23. The van der Waals surface area contributed by atoms with Gasteiger partial charge in [-0.25, -0.2) is 0 Å². The van der Waals surface area contributed by atoms with Gasteiger partial charge in [0.2, 0.25) is 0 Å². The maximum atomic E-state index is 5.32. The molecule has 1 aliphatic heterocycles. The first-order chi connectivity index (χ1) is 4.93. The van der Waals surface area contributed by atoms with Gasteiger partial charge in [0.25, 0.3) is 0 Å². The zero-order chi connectivity index (χ0) is 6.97. The van der Waals surface area contributed by atoms with E-state index in [9.17, 15) is 0 Å². The molecule has 1 heteroatoms. The highest BCUT2D eigenvalue weighted by molar-refractivity contribution is 4.99. The van der Waals surface area contributed by atoms with Crippen LogP contribution in [-0.4, -0.2) is 13.2 Å². The topological polar surface area (TPSA) is 9.23 Å². The van der Waals surface area contributed by atoms with Crippen LogP contribution in [0.25, 0.3) is 0 Å². The van der Waals surface area contributed by atoms with Crippen LogP contribution in [0.5, 0.6) is 0 Å². The summed E-state index contributed by atoms with van der Waals surface area (Å²) in [6, 6.07) is 0. The fraction of sp³-hybridized carbons (Fsp3) is 1.00. The van der Waals surface area contributed by atoms with Crippen molar-refractivity contribution in [3.05, 3.63) is 0 Å². The quantitative estimate of drug-likeness (QED) is 0.583. The second-order valence-corrected chi connectivity index (χ2v) is 3.67. The van der Waals surface area contributed by atoms with Crippen molar-refractivity contribution in [1.82, 2.24) is 0 Å². The minimum Gasteiger partial charge on any atom is -0.381 e. The molecule has 1 aliphatic carbocycles. The Kier molecular flexibility index (Phi) is 1.69. The van der Waals surface area contributed by atoms with Gasteiger partial charge >= 0.3 is 0 Å². The number of unbranched alkanes of at least 4 members (excludes halogenated alkanes) is 1. The molecule has 0 spiro atoms. The van der Waals surface area contributed by atoms with Gasteiger partial charge in [-0.05, 0) is 24.2 Å². The highest BCUT2D eigenvalue weighted by Crippen LogP contribution is 2.53.